The van der Waals surface area contributed by atoms with Crippen LogP contribution in [-0.2, 0) is 4.74 Å². The van der Waals surface area contributed by atoms with E-state index in [4.69, 9.17) is 9.73 Å². The molecular formula is C18H32N4OS. The van der Waals surface area contributed by atoms with Crippen LogP contribution in [0.5, 0.6) is 0 Å². The monoisotopic (exact) mass is 352 g/mol. The second-order valence-corrected chi connectivity index (χ2v) is 6.95. The lowest BCUT2D eigenvalue weighted by Crippen LogP contribution is -2.39. The highest BCUT2D eigenvalue weighted by atomic mass is 32.1. The molecule has 0 amide bonds. The summed E-state index contributed by atoms with van der Waals surface area (Å²) in [6, 6.07) is 4.79. The van der Waals surface area contributed by atoms with Gasteiger partial charge in [-0.3, -0.25) is 9.89 Å². The highest BCUT2D eigenvalue weighted by molar-refractivity contribution is 7.10. The summed E-state index contributed by atoms with van der Waals surface area (Å²) in [4.78, 5) is 8.85. The molecule has 136 valence electrons. The molecular weight excluding hydrogens is 320 g/mol. The Morgan fingerprint density at radius 3 is 2.83 bits per heavy atom. The number of hydrogen-bond donors (Lipinski definition) is 2. The third-order valence-corrected chi connectivity index (χ3v) is 5.16. The zero-order chi connectivity index (χ0) is 17.0. The van der Waals surface area contributed by atoms with E-state index < -0.39 is 0 Å². The van der Waals surface area contributed by atoms with E-state index in [1.165, 1.54) is 30.8 Å². The predicted octanol–water partition coefficient (Wildman–Crippen LogP) is 2.87. The van der Waals surface area contributed by atoms with Crippen LogP contribution in [0.1, 0.15) is 44.0 Å². The maximum atomic E-state index is 5.38. The van der Waals surface area contributed by atoms with Crippen LogP contribution < -0.4 is 10.6 Å². The molecule has 2 rings (SSSR count). The normalized spacial score (nSPS) is 17.2. The molecule has 1 aliphatic heterocycles. The van der Waals surface area contributed by atoms with Gasteiger partial charge in [0.05, 0.1) is 12.6 Å². The van der Waals surface area contributed by atoms with E-state index in [9.17, 15) is 0 Å². The molecule has 6 heteroatoms. The largest absolute Gasteiger partial charge is 0.382 e. The summed E-state index contributed by atoms with van der Waals surface area (Å²) in [5.74, 6) is 0.912. The molecule has 0 spiro atoms. The maximum absolute atomic E-state index is 5.38. The molecule has 0 saturated carbocycles. The SMILES string of the molecule is CCNC(=NCC(c1cccs1)N1CCCC1)NCCCOCC. The Morgan fingerprint density at radius 1 is 1.33 bits per heavy atom. The summed E-state index contributed by atoms with van der Waals surface area (Å²) in [5.41, 5.74) is 0. The molecule has 1 saturated heterocycles. The molecule has 1 unspecified atom stereocenters. The Morgan fingerprint density at radius 2 is 2.17 bits per heavy atom. The maximum Gasteiger partial charge on any atom is 0.191 e. The fourth-order valence-corrected chi connectivity index (χ4v) is 3.82. The summed E-state index contributed by atoms with van der Waals surface area (Å²) >= 11 is 1.84. The molecule has 1 aromatic rings. The van der Waals surface area contributed by atoms with Gasteiger partial charge in [-0.2, -0.15) is 0 Å². The highest BCUT2D eigenvalue weighted by Crippen LogP contribution is 2.28. The molecule has 1 aromatic heterocycles. The van der Waals surface area contributed by atoms with E-state index in [1.54, 1.807) is 0 Å². The summed E-state index contributed by atoms with van der Waals surface area (Å²) < 4.78 is 5.38. The zero-order valence-corrected chi connectivity index (χ0v) is 15.9. The first-order valence-electron chi connectivity index (χ1n) is 9.22. The van der Waals surface area contributed by atoms with Crippen molar-refractivity contribution < 1.29 is 4.74 Å². The summed E-state index contributed by atoms with van der Waals surface area (Å²) in [6.45, 7) is 10.7. The molecule has 5 nitrogen and oxygen atoms in total. The fraction of sp³-hybridized carbons (Fsp3) is 0.722. The van der Waals surface area contributed by atoms with E-state index >= 15 is 0 Å². The van der Waals surface area contributed by atoms with Crippen LogP contribution >= 0.6 is 11.3 Å². The number of nitrogens with one attached hydrogen (secondary N) is 2. The summed E-state index contributed by atoms with van der Waals surface area (Å²) in [6.07, 6.45) is 3.61. The van der Waals surface area contributed by atoms with E-state index in [0.717, 1.165) is 45.2 Å². The first-order chi connectivity index (χ1) is 11.8. The van der Waals surface area contributed by atoms with Crippen molar-refractivity contribution in [2.24, 2.45) is 4.99 Å². The molecule has 0 radical (unpaired) electrons. The van der Waals surface area contributed by atoms with Crippen LogP contribution in [0.25, 0.3) is 0 Å². The molecule has 1 fully saturated rings. The fourth-order valence-electron chi connectivity index (χ4n) is 2.96. The lowest BCUT2D eigenvalue weighted by molar-refractivity contribution is 0.145. The first-order valence-corrected chi connectivity index (χ1v) is 10.1. The Hall–Kier alpha value is -1.11. The average Bonchev–Trinajstić information content (AvgIpc) is 3.29. The number of hydrogen-bond acceptors (Lipinski definition) is 4. The van der Waals surface area contributed by atoms with Gasteiger partial charge in [-0.25, -0.2) is 0 Å². The number of nitrogens with zero attached hydrogens (tertiary/aromatic N) is 2. The second-order valence-electron chi connectivity index (χ2n) is 5.97. The second kappa shape index (κ2) is 11.4. The lowest BCUT2D eigenvalue weighted by atomic mass is 10.2. The lowest BCUT2D eigenvalue weighted by Gasteiger charge is -2.25. The molecule has 24 heavy (non-hydrogen) atoms. The number of guanidine groups is 1. The molecule has 0 aliphatic carbocycles. The molecule has 2 N–H and O–H groups in total. The van der Waals surface area contributed by atoms with Gasteiger partial charge in [0.2, 0.25) is 0 Å². The molecule has 1 aliphatic rings. The minimum atomic E-state index is 0.409. The van der Waals surface area contributed by atoms with E-state index in [0.29, 0.717) is 6.04 Å². The predicted molar refractivity (Wildman–Crippen MR) is 103 cm³/mol. The van der Waals surface area contributed by atoms with Crippen molar-refractivity contribution in [3.8, 4) is 0 Å². The molecule has 0 bridgehead atoms. The van der Waals surface area contributed by atoms with Gasteiger partial charge in [0.15, 0.2) is 5.96 Å². The smallest absolute Gasteiger partial charge is 0.191 e. The Balaban J connectivity index is 1.90. The van der Waals surface area contributed by atoms with Crippen molar-refractivity contribution in [3.63, 3.8) is 0 Å². The highest BCUT2D eigenvalue weighted by Gasteiger charge is 2.24. The van der Waals surface area contributed by atoms with E-state index in [2.05, 4.69) is 40.0 Å². The van der Waals surface area contributed by atoms with Crippen LogP contribution in [-0.4, -0.2) is 56.8 Å². The van der Waals surface area contributed by atoms with Crippen LogP contribution in [0.2, 0.25) is 0 Å². The minimum absolute atomic E-state index is 0.409. The van der Waals surface area contributed by atoms with E-state index in [-0.39, 0.29) is 0 Å². The van der Waals surface area contributed by atoms with Crippen molar-refractivity contribution in [1.29, 1.82) is 0 Å². The summed E-state index contributed by atoms with van der Waals surface area (Å²) in [7, 11) is 0. The minimum Gasteiger partial charge on any atom is -0.382 e. The Labute approximate surface area is 150 Å². The first kappa shape index (κ1) is 19.2. The van der Waals surface area contributed by atoms with Gasteiger partial charge in [0.25, 0.3) is 0 Å². The Bertz CT molecular complexity index is 458. The average molecular weight is 353 g/mol. The van der Waals surface area contributed by atoms with Crippen molar-refractivity contribution in [1.82, 2.24) is 15.5 Å². The van der Waals surface area contributed by atoms with Crippen molar-refractivity contribution >= 4 is 17.3 Å². The van der Waals surface area contributed by atoms with Crippen molar-refractivity contribution in [2.75, 3.05) is 45.9 Å². The number of thiophene rings is 1. The third kappa shape index (κ3) is 6.42. The van der Waals surface area contributed by atoms with Gasteiger partial charge in [-0.1, -0.05) is 6.07 Å². The van der Waals surface area contributed by atoms with Gasteiger partial charge in [-0.15, -0.1) is 11.3 Å². The van der Waals surface area contributed by atoms with Gasteiger partial charge in [0, 0.05) is 31.2 Å². The standard InChI is InChI=1S/C18H32N4OS/c1-3-19-18(20-10-8-13-23-4-2)21-15-16(17-9-7-14-24-17)22-11-5-6-12-22/h7,9,14,16H,3-6,8,10-13,15H2,1-2H3,(H2,19,20,21). The Kier molecular flexibility index (Phi) is 9.16. The summed E-state index contributed by atoms with van der Waals surface area (Å²) in [5, 5.41) is 8.93. The van der Waals surface area contributed by atoms with Crippen molar-refractivity contribution in [2.45, 2.75) is 39.2 Å². The third-order valence-electron chi connectivity index (χ3n) is 4.18. The quantitative estimate of drug-likeness (QED) is 0.386. The van der Waals surface area contributed by atoms with Crippen molar-refractivity contribution in [3.05, 3.63) is 22.4 Å². The van der Waals surface area contributed by atoms with Gasteiger partial charge in [0.1, 0.15) is 0 Å². The van der Waals surface area contributed by atoms with Crippen LogP contribution in [0.4, 0.5) is 0 Å². The number of rotatable bonds is 10. The number of ether oxygens (including phenoxy) is 1. The number of aliphatic imine (C=N–C) groups is 1. The van der Waals surface area contributed by atoms with Gasteiger partial charge >= 0.3 is 0 Å². The van der Waals surface area contributed by atoms with Crippen LogP contribution in [0, 0.1) is 0 Å². The zero-order valence-electron chi connectivity index (χ0n) is 15.1. The topological polar surface area (TPSA) is 48.9 Å². The molecule has 1 atom stereocenters. The van der Waals surface area contributed by atoms with Crippen LogP contribution in [0.3, 0.4) is 0 Å². The van der Waals surface area contributed by atoms with Gasteiger partial charge < -0.3 is 15.4 Å². The molecule has 0 aromatic carbocycles. The van der Waals surface area contributed by atoms with Gasteiger partial charge in [-0.05, 0) is 57.6 Å². The number of likely N-dealkylation sites (tertiary alicyclic amines) is 1. The molecule has 2 heterocycles. The van der Waals surface area contributed by atoms with E-state index in [1.807, 2.05) is 18.3 Å². The van der Waals surface area contributed by atoms with Crippen LogP contribution in [0.15, 0.2) is 22.5 Å².